The number of carbonyl (C=O) groups is 2. The molecule has 0 spiro atoms. The van der Waals surface area contributed by atoms with Gasteiger partial charge in [0.2, 0.25) is 0 Å². The van der Waals surface area contributed by atoms with Gasteiger partial charge in [-0.05, 0) is 37.5 Å². The molecule has 1 aliphatic rings. The molecule has 1 amide bonds. The molecule has 1 aromatic rings. The lowest BCUT2D eigenvalue weighted by atomic mass is 9.98. The molecule has 1 aromatic carbocycles. The Balaban J connectivity index is 2.22. The van der Waals surface area contributed by atoms with E-state index in [0.717, 1.165) is 12.8 Å². The maximum atomic E-state index is 13.4. The first kappa shape index (κ1) is 15.0. The molecule has 1 aliphatic heterocycles. The number of halogens is 2. The van der Waals surface area contributed by atoms with E-state index in [9.17, 15) is 14.0 Å². The van der Waals surface area contributed by atoms with Crippen molar-refractivity contribution in [2.75, 3.05) is 6.54 Å². The number of nitrogens with zero attached hydrogens (tertiary/aromatic N) is 1. The molecule has 6 heteroatoms. The highest BCUT2D eigenvalue weighted by molar-refractivity contribution is 9.10. The fourth-order valence-corrected chi connectivity index (χ4v) is 2.99. The van der Waals surface area contributed by atoms with Crippen LogP contribution in [-0.2, 0) is 4.79 Å². The van der Waals surface area contributed by atoms with E-state index in [1.54, 1.807) is 11.0 Å². The van der Waals surface area contributed by atoms with Crippen LogP contribution in [0.2, 0.25) is 0 Å². The quantitative estimate of drug-likeness (QED) is 0.917. The molecular weight excluding hydrogens is 329 g/mol. The van der Waals surface area contributed by atoms with Crippen molar-refractivity contribution in [2.45, 2.75) is 31.7 Å². The Morgan fingerprint density at radius 3 is 2.75 bits per heavy atom. The number of hydrogen-bond acceptors (Lipinski definition) is 2. The summed E-state index contributed by atoms with van der Waals surface area (Å²) in [7, 11) is 0. The lowest BCUT2D eigenvalue weighted by Gasteiger charge is -2.35. The molecule has 0 aliphatic carbocycles. The summed E-state index contributed by atoms with van der Waals surface area (Å²) in [6, 6.07) is 3.70. The molecule has 1 unspecified atom stereocenters. The molecule has 0 aromatic heterocycles. The zero-order valence-corrected chi connectivity index (χ0v) is 12.4. The fourth-order valence-electron chi connectivity index (χ4n) is 2.52. The number of aliphatic carboxylic acids is 1. The summed E-state index contributed by atoms with van der Waals surface area (Å²) in [6.45, 7) is 0.519. The molecule has 1 fully saturated rings. The van der Waals surface area contributed by atoms with Gasteiger partial charge in [-0.15, -0.1) is 0 Å². The third-order valence-corrected chi connectivity index (χ3v) is 3.87. The predicted molar refractivity (Wildman–Crippen MR) is 75.0 cm³/mol. The van der Waals surface area contributed by atoms with Crippen LogP contribution in [0.15, 0.2) is 22.7 Å². The van der Waals surface area contributed by atoms with Gasteiger partial charge in [-0.3, -0.25) is 9.59 Å². The number of piperidine rings is 1. The summed E-state index contributed by atoms with van der Waals surface area (Å²) in [5.41, 5.74) is 0.245. The minimum atomic E-state index is -0.921. The van der Waals surface area contributed by atoms with Crippen LogP contribution in [-0.4, -0.2) is 34.5 Å². The van der Waals surface area contributed by atoms with Crippen LogP contribution in [0.1, 0.15) is 36.0 Å². The van der Waals surface area contributed by atoms with E-state index < -0.39 is 11.8 Å². The first-order valence-electron chi connectivity index (χ1n) is 6.46. The lowest BCUT2D eigenvalue weighted by Crippen LogP contribution is -2.44. The van der Waals surface area contributed by atoms with E-state index in [1.807, 2.05) is 0 Å². The Hall–Kier alpha value is -1.43. The molecule has 1 heterocycles. The van der Waals surface area contributed by atoms with Gasteiger partial charge < -0.3 is 10.0 Å². The molecule has 1 N–H and O–H groups in total. The van der Waals surface area contributed by atoms with Crippen molar-refractivity contribution in [3.05, 3.63) is 34.1 Å². The van der Waals surface area contributed by atoms with Gasteiger partial charge in [0.15, 0.2) is 0 Å². The van der Waals surface area contributed by atoms with Crippen LogP contribution in [0.3, 0.4) is 0 Å². The highest BCUT2D eigenvalue weighted by atomic mass is 79.9. The standard InChI is InChI=1S/C14H15BrFNO3/c15-10-5-9(6-11(16)7-10)14(20)17-4-2-1-3-12(17)8-13(18)19/h5-7,12H,1-4,8H2,(H,18,19). The SMILES string of the molecule is O=C(O)CC1CCCCN1C(=O)c1cc(F)cc(Br)c1. The van der Waals surface area contributed by atoms with Gasteiger partial charge in [-0.25, -0.2) is 4.39 Å². The molecule has 2 rings (SSSR count). The van der Waals surface area contributed by atoms with Crippen LogP contribution in [0.4, 0.5) is 4.39 Å². The van der Waals surface area contributed by atoms with Crippen molar-refractivity contribution in [3.63, 3.8) is 0 Å². The molecule has 4 nitrogen and oxygen atoms in total. The largest absolute Gasteiger partial charge is 0.481 e. The normalized spacial score (nSPS) is 18.9. The van der Waals surface area contributed by atoms with E-state index in [2.05, 4.69) is 15.9 Å². The van der Waals surface area contributed by atoms with Gasteiger partial charge in [0.1, 0.15) is 5.82 Å². The van der Waals surface area contributed by atoms with E-state index in [-0.39, 0.29) is 23.9 Å². The van der Waals surface area contributed by atoms with Gasteiger partial charge in [-0.2, -0.15) is 0 Å². The van der Waals surface area contributed by atoms with Crippen LogP contribution >= 0.6 is 15.9 Å². The summed E-state index contributed by atoms with van der Waals surface area (Å²) < 4.78 is 13.9. The Labute approximate surface area is 124 Å². The smallest absolute Gasteiger partial charge is 0.305 e. The number of carbonyl (C=O) groups excluding carboxylic acids is 1. The highest BCUT2D eigenvalue weighted by Crippen LogP contribution is 2.23. The maximum absolute atomic E-state index is 13.4. The number of benzene rings is 1. The number of hydrogen-bond donors (Lipinski definition) is 1. The van der Waals surface area contributed by atoms with E-state index >= 15 is 0 Å². The van der Waals surface area contributed by atoms with Crippen molar-refractivity contribution in [1.29, 1.82) is 0 Å². The van der Waals surface area contributed by atoms with Crippen LogP contribution < -0.4 is 0 Å². The average Bonchev–Trinajstić information content (AvgIpc) is 2.36. The van der Waals surface area contributed by atoms with Gasteiger partial charge in [-0.1, -0.05) is 15.9 Å². The third-order valence-electron chi connectivity index (χ3n) is 3.41. The molecule has 20 heavy (non-hydrogen) atoms. The molecule has 0 bridgehead atoms. The average molecular weight is 344 g/mol. The topological polar surface area (TPSA) is 57.6 Å². The number of rotatable bonds is 3. The lowest BCUT2D eigenvalue weighted by molar-refractivity contribution is -0.138. The van der Waals surface area contributed by atoms with Crippen LogP contribution in [0.5, 0.6) is 0 Å². The summed E-state index contributed by atoms with van der Waals surface area (Å²) in [6.07, 6.45) is 2.36. The fraction of sp³-hybridized carbons (Fsp3) is 0.429. The molecule has 1 saturated heterocycles. The monoisotopic (exact) mass is 343 g/mol. The maximum Gasteiger partial charge on any atom is 0.305 e. The zero-order chi connectivity index (χ0) is 14.7. The number of amides is 1. The summed E-state index contributed by atoms with van der Waals surface area (Å²) in [5.74, 6) is -1.72. The van der Waals surface area contributed by atoms with Gasteiger partial charge in [0, 0.05) is 22.6 Å². The molecule has 0 radical (unpaired) electrons. The zero-order valence-electron chi connectivity index (χ0n) is 10.8. The first-order valence-corrected chi connectivity index (χ1v) is 7.25. The van der Waals surface area contributed by atoms with Crippen molar-refractivity contribution in [1.82, 2.24) is 4.90 Å². The van der Waals surface area contributed by atoms with Crippen molar-refractivity contribution >= 4 is 27.8 Å². The molecule has 0 saturated carbocycles. The van der Waals surface area contributed by atoms with E-state index in [0.29, 0.717) is 17.4 Å². The minimum Gasteiger partial charge on any atom is -0.481 e. The van der Waals surface area contributed by atoms with Crippen LogP contribution in [0, 0.1) is 5.82 Å². The van der Waals surface area contributed by atoms with Crippen molar-refractivity contribution in [2.24, 2.45) is 0 Å². The summed E-state index contributed by atoms with van der Waals surface area (Å²) in [4.78, 5) is 24.9. The Morgan fingerprint density at radius 1 is 1.35 bits per heavy atom. The van der Waals surface area contributed by atoms with Crippen molar-refractivity contribution in [3.8, 4) is 0 Å². The Bertz CT molecular complexity index is 515. The molecule has 1 atom stereocenters. The second-order valence-electron chi connectivity index (χ2n) is 4.90. The third kappa shape index (κ3) is 3.56. The van der Waals surface area contributed by atoms with Crippen LogP contribution in [0.25, 0.3) is 0 Å². The predicted octanol–water partition coefficient (Wildman–Crippen LogP) is 3.06. The first-order chi connectivity index (χ1) is 9.47. The van der Waals surface area contributed by atoms with E-state index in [4.69, 9.17) is 5.11 Å². The second kappa shape index (κ2) is 6.35. The number of likely N-dealkylation sites (tertiary alicyclic amines) is 1. The summed E-state index contributed by atoms with van der Waals surface area (Å²) >= 11 is 3.16. The highest BCUT2D eigenvalue weighted by Gasteiger charge is 2.29. The van der Waals surface area contributed by atoms with Gasteiger partial charge >= 0.3 is 5.97 Å². The molecular formula is C14H15BrFNO3. The van der Waals surface area contributed by atoms with Gasteiger partial charge in [0.25, 0.3) is 5.91 Å². The van der Waals surface area contributed by atoms with Crippen molar-refractivity contribution < 1.29 is 19.1 Å². The Kier molecular flexibility index (Phi) is 4.75. The summed E-state index contributed by atoms with van der Waals surface area (Å²) in [5, 5.41) is 8.92. The number of carboxylic acids is 1. The minimum absolute atomic E-state index is 0.0672. The molecule has 108 valence electrons. The van der Waals surface area contributed by atoms with E-state index in [1.165, 1.54) is 12.1 Å². The van der Waals surface area contributed by atoms with Gasteiger partial charge in [0.05, 0.1) is 6.42 Å². The second-order valence-corrected chi connectivity index (χ2v) is 5.82. The Morgan fingerprint density at radius 2 is 2.10 bits per heavy atom. The number of carboxylic acid groups (broad SMARTS) is 1.